The van der Waals surface area contributed by atoms with E-state index in [1.165, 1.54) is 5.56 Å². The molecule has 3 rings (SSSR count). The largest absolute Gasteiger partial charge is 0.390 e. The van der Waals surface area contributed by atoms with Gasteiger partial charge in [0, 0.05) is 18.2 Å². The molecule has 4 nitrogen and oxygen atoms in total. The quantitative estimate of drug-likeness (QED) is 0.623. The number of thioether (sulfide) groups is 1. The lowest BCUT2D eigenvalue weighted by molar-refractivity contribution is 0.0711. The summed E-state index contributed by atoms with van der Waals surface area (Å²) in [6.45, 7) is 7.79. The van der Waals surface area contributed by atoms with Crippen molar-refractivity contribution < 1.29 is 5.11 Å². The molecule has 0 unspecified atom stereocenters. The number of aliphatic hydroxyl groups is 1. The van der Waals surface area contributed by atoms with Crippen LogP contribution < -0.4 is 4.90 Å². The van der Waals surface area contributed by atoms with Gasteiger partial charge in [-0.3, -0.25) is 4.98 Å². The second-order valence-electron chi connectivity index (χ2n) is 7.57. The summed E-state index contributed by atoms with van der Waals surface area (Å²) >= 11 is 8.15. The van der Waals surface area contributed by atoms with Gasteiger partial charge in [0.05, 0.1) is 33.9 Å². The summed E-state index contributed by atoms with van der Waals surface area (Å²) in [4.78, 5) is 11.0. The van der Waals surface area contributed by atoms with Crippen molar-refractivity contribution in [2.24, 2.45) is 4.99 Å². The van der Waals surface area contributed by atoms with Crippen molar-refractivity contribution in [3.05, 3.63) is 83.6 Å². The third kappa shape index (κ3) is 6.20. The summed E-state index contributed by atoms with van der Waals surface area (Å²) in [7, 11) is 0. The van der Waals surface area contributed by atoms with Gasteiger partial charge in [0.15, 0.2) is 0 Å². The summed E-state index contributed by atoms with van der Waals surface area (Å²) in [5, 5.41) is 11.4. The highest BCUT2D eigenvalue weighted by atomic mass is 35.5. The molecular formula is C23H26ClN3OS. The van der Waals surface area contributed by atoms with Crippen molar-refractivity contribution >= 4 is 34.1 Å². The molecule has 0 fully saturated rings. The lowest BCUT2D eigenvalue weighted by Crippen LogP contribution is -2.23. The fraction of sp³-hybridized carbons (Fsp3) is 0.304. The van der Waals surface area contributed by atoms with E-state index in [2.05, 4.69) is 40.8 Å². The highest BCUT2D eigenvalue weighted by Gasteiger charge is 2.19. The fourth-order valence-electron chi connectivity index (χ4n) is 2.90. The minimum atomic E-state index is -0.740. The van der Waals surface area contributed by atoms with Gasteiger partial charge in [0.25, 0.3) is 0 Å². The van der Waals surface area contributed by atoms with E-state index in [9.17, 15) is 5.11 Å². The molecule has 1 aromatic heterocycles. The van der Waals surface area contributed by atoms with Crippen LogP contribution in [0.4, 0.5) is 5.69 Å². The Morgan fingerprint density at radius 2 is 1.97 bits per heavy atom. The van der Waals surface area contributed by atoms with Crippen molar-refractivity contribution in [2.75, 3.05) is 10.7 Å². The van der Waals surface area contributed by atoms with Crippen LogP contribution in [0, 0.1) is 0 Å². The molecule has 0 saturated heterocycles. The smallest absolute Gasteiger partial charge is 0.119 e. The molecule has 1 aliphatic heterocycles. The first-order chi connectivity index (χ1) is 13.8. The van der Waals surface area contributed by atoms with Crippen LogP contribution >= 0.6 is 23.4 Å². The van der Waals surface area contributed by atoms with E-state index in [4.69, 9.17) is 11.6 Å². The van der Waals surface area contributed by atoms with E-state index < -0.39 is 5.60 Å². The van der Waals surface area contributed by atoms with Crippen molar-refractivity contribution in [3.8, 4) is 0 Å². The Bertz CT molecular complexity index is 919. The predicted octanol–water partition coefficient (Wildman–Crippen LogP) is 5.62. The molecule has 0 radical (unpaired) electrons. The van der Waals surface area contributed by atoms with Crippen molar-refractivity contribution in [2.45, 2.75) is 38.7 Å². The molecule has 2 aromatic rings. The summed E-state index contributed by atoms with van der Waals surface area (Å²) in [6.07, 6.45) is 7.64. The average Bonchev–Trinajstić information content (AvgIpc) is 2.68. The van der Waals surface area contributed by atoms with Crippen LogP contribution in [-0.2, 0) is 12.8 Å². The summed E-state index contributed by atoms with van der Waals surface area (Å²) in [5.74, 6) is 0.929. The highest BCUT2D eigenvalue weighted by molar-refractivity contribution is 8.14. The molecule has 0 aliphatic carbocycles. The van der Waals surface area contributed by atoms with E-state index >= 15 is 0 Å². The molecule has 29 heavy (non-hydrogen) atoms. The Balaban J connectivity index is 1.62. The molecule has 1 aromatic carbocycles. The molecule has 2 heterocycles. The zero-order chi connectivity index (χ0) is 20.9. The number of aliphatic imine (C=N–C) groups is 1. The fourth-order valence-corrected chi connectivity index (χ4v) is 4.09. The number of hydrogen-bond donors (Lipinski definition) is 1. The maximum absolute atomic E-state index is 9.92. The first-order valence-corrected chi connectivity index (χ1v) is 11.0. The molecule has 152 valence electrons. The Morgan fingerprint density at radius 1 is 1.21 bits per heavy atom. The van der Waals surface area contributed by atoms with Crippen LogP contribution in [0.5, 0.6) is 0 Å². The van der Waals surface area contributed by atoms with Gasteiger partial charge in [-0.15, -0.1) is 11.8 Å². The van der Waals surface area contributed by atoms with Crippen LogP contribution in [-0.4, -0.2) is 26.5 Å². The summed E-state index contributed by atoms with van der Waals surface area (Å²) in [5.41, 5.74) is 3.02. The van der Waals surface area contributed by atoms with Crippen LogP contribution in [0.1, 0.15) is 31.5 Å². The van der Waals surface area contributed by atoms with E-state index in [0.29, 0.717) is 17.9 Å². The first-order valence-electron chi connectivity index (χ1n) is 9.60. The number of anilines is 1. The summed E-state index contributed by atoms with van der Waals surface area (Å²) < 4.78 is 0. The van der Waals surface area contributed by atoms with Gasteiger partial charge >= 0.3 is 0 Å². The number of aryl methyl sites for hydroxylation is 2. The molecule has 0 amide bonds. The predicted molar refractivity (Wildman–Crippen MR) is 125 cm³/mol. The number of benzene rings is 1. The van der Waals surface area contributed by atoms with Gasteiger partial charge in [-0.25, -0.2) is 4.99 Å². The lowest BCUT2D eigenvalue weighted by Gasteiger charge is -2.26. The Hall–Kier alpha value is -2.08. The van der Waals surface area contributed by atoms with Gasteiger partial charge in [-0.1, -0.05) is 48.5 Å². The van der Waals surface area contributed by atoms with Crippen LogP contribution in [0.25, 0.3) is 0 Å². The van der Waals surface area contributed by atoms with E-state index in [0.717, 1.165) is 34.3 Å². The molecule has 0 bridgehead atoms. The minimum absolute atomic E-state index is 0.591. The minimum Gasteiger partial charge on any atom is -0.390 e. The Labute approximate surface area is 182 Å². The number of pyridine rings is 1. The molecule has 0 spiro atoms. The standard InChI is InChI=1S/C23H26ClN3OS/c1-17-22(29-14-10-18-7-5-4-6-8-18)25-12-13-27(17)19-15-20(24)21(26-16-19)9-11-23(2,3)28/h4-8,12-13,15-16,28H,1,9-11,14H2,2-3H3. The second kappa shape index (κ2) is 9.61. The number of nitrogens with zero attached hydrogens (tertiary/aromatic N) is 3. The molecular weight excluding hydrogens is 402 g/mol. The van der Waals surface area contributed by atoms with Gasteiger partial charge in [-0.05, 0) is 44.7 Å². The molecule has 1 N–H and O–H groups in total. The van der Waals surface area contributed by atoms with Crippen LogP contribution in [0.15, 0.2) is 72.3 Å². The third-order valence-corrected chi connectivity index (χ3v) is 5.92. The van der Waals surface area contributed by atoms with Gasteiger partial charge in [0.1, 0.15) is 5.04 Å². The van der Waals surface area contributed by atoms with E-state index in [-0.39, 0.29) is 0 Å². The van der Waals surface area contributed by atoms with Crippen molar-refractivity contribution in [3.63, 3.8) is 0 Å². The van der Waals surface area contributed by atoms with Crippen LogP contribution in [0.2, 0.25) is 5.02 Å². The van der Waals surface area contributed by atoms with Crippen molar-refractivity contribution in [1.29, 1.82) is 0 Å². The third-order valence-electron chi connectivity index (χ3n) is 4.57. The monoisotopic (exact) mass is 427 g/mol. The Morgan fingerprint density at radius 3 is 2.66 bits per heavy atom. The maximum Gasteiger partial charge on any atom is 0.119 e. The van der Waals surface area contributed by atoms with Crippen LogP contribution in [0.3, 0.4) is 0 Å². The first kappa shape index (κ1) is 21.6. The lowest BCUT2D eigenvalue weighted by atomic mass is 10.0. The molecule has 1 aliphatic rings. The number of halogens is 1. The Kier molecular flexibility index (Phi) is 7.17. The number of rotatable bonds is 7. The van der Waals surface area contributed by atoms with Gasteiger partial charge in [-0.2, -0.15) is 0 Å². The topological polar surface area (TPSA) is 48.7 Å². The normalized spacial score (nSPS) is 14.3. The van der Waals surface area contributed by atoms with Crippen molar-refractivity contribution in [1.82, 2.24) is 4.98 Å². The molecule has 0 saturated carbocycles. The molecule has 0 atom stereocenters. The molecule has 6 heteroatoms. The number of aromatic nitrogens is 1. The average molecular weight is 428 g/mol. The van der Waals surface area contributed by atoms with Gasteiger partial charge < -0.3 is 10.0 Å². The summed E-state index contributed by atoms with van der Waals surface area (Å²) in [6, 6.07) is 12.3. The van der Waals surface area contributed by atoms with E-state index in [1.54, 1.807) is 38.0 Å². The zero-order valence-electron chi connectivity index (χ0n) is 16.8. The second-order valence-corrected chi connectivity index (χ2v) is 9.06. The highest BCUT2D eigenvalue weighted by Crippen LogP contribution is 2.30. The van der Waals surface area contributed by atoms with E-state index in [1.807, 2.05) is 23.2 Å². The van der Waals surface area contributed by atoms with Gasteiger partial charge in [0.2, 0.25) is 0 Å². The number of hydrogen-bond acceptors (Lipinski definition) is 5. The zero-order valence-corrected chi connectivity index (χ0v) is 18.4. The maximum atomic E-state index is 9.92. The SMILES string of the molecule is C=C1C(SCCc2ccccc2)=NC=CN1c1cnc(CCC(C)(C)O)c(Cl)c1.